The molecule has 0 aromatic heterocycles. The van der Waals surface area contributed by atoms with Gasteiger partial charge in [-0.25, -0.2) is 0 Å². The number of hydrogen-bond acceptors (Lipinski definition) is 6. The number of phenolic OH excluding ortho intramolecular Hbond substituents is 1. The molecule has 0 spiro atoms. The molecule has 4 aromatic carbocycles. The van der Waals surface area contributed by atoms with E-state index in [0.29, 0.717) is 16.7 Å². The van der Waals surface area contributed by atoms with E-state index >= 15 is 0 Å². The highest BCUT2D eigenvalue weighted by Gasteiger charge is 2.01. The number of carbonyl (C=O) groups is 3. The third kappa shape index (κ3) is 9.39. The topological polar surface area (TPSA) is 89.9 Å². The summed E-state index contributed by atoms with van der Waals surface area (Å²) in [7, 11) is 3.34. The summed E-state index contributed by atoms with van der Waals surface area (Å²) in [5, 5.41) is 8.83. The quantitative estimate of drug-likeness (QED) is 0.278. The van der Waals surface area contributed by atoms with Crippen LogP contribution >= 0.6 is 0 Å². The van der Waals surface area contributed by atoms with E-state index in [1.165, 1.54) is 44.0 Å². The van der Waals surface area contributed by atoms with Crippen LogP contribution in [0.1, 0.15) is 51.8 Å². The zero-order valence-corrected chi connectivity index (χ0v) is 22.2. The molecule has 0 amide bonds. The van der Waals surface area contributed by atoms with Gasteiger partial charge in [-0.05, 0) is 80.4 Å². The number of ketones is 3. The minimum atomic E-state index is 0.0139. The molecule has 0 saturated heterocycles. The monoisotopic (exact) mass is 512 g/mol. The van der Waals surface area contributed by atoms with Gasteiger partial charge in [-0.15, -0.1) is 0 Å². The molecule has 0 unspecified atom stereocenters. The van der Waals surface area contributed by atoms with Crippen LogP contribution in [0.5, 0.6) is 17.2 Å². The third-order valence-electron chi connectivity index (χ3n) is 5.49. The number of benzene rings is 4. The van der Waals surface area contributed by atoms with Gasteiger partial charge in [-0.2, -0.15) is 0 Å². The molecule has 0 heterocycles. The SMILES string of the molecule is CC(=O)c1ccc(C(C)=O)cc1.CC(=O)c1ccc(O)cc1.COc1ccc(-c2ccc(OC)cc2)cc1. The van der Waals surface area contributed by atoms with Crippen molar-refractivity contribution in [2.75, 3.05) is 14.2 Å². The largest absolute Gasteiger partial charge is 0.508 e. The van der Waals surface area contributed by atoms with E-state index in [2.05, 4.69) is 0 Å². The van der Waals surface area contributed by atoms with Crippen molar-refractivity contribution >= 4 is 17.3 Å². The number of hydrogen-bond donors (Lipinski definition) is 1. The van der Waals surface area contributed by atoms with E-state index < -0.39 is 0 Å². The molecule has 196 valence electrons. The molecule has 0 bridgehead atoms. The lowest BCUT2D eigenvalue weighted by Crippen LogP contribution is -1.95. The maximum Gasteiger partial charge on any atom is 0.159 e. The van der Waals surface area contributed by atoms with E-state index in [1.54, 1.807) is 50.6 Å². The van der Waals surface area contributed by atoms with Crippen LogP contribution in [0.15, 0.2) is 97.1 Å². The van der Waals surface area contributed by atoms with Gasteiger partial charge in [0.05, 0.1) is 14.2 Å². The van der Waals surface area contributed by atoms with Gasteiger partial charge < -0.3 is 14.6 Å². The van der Waals surface area contributed by atoms with Crippen LogP contribution in [0.2, 0.25) is 0 Å². The molecule has 0 fully saturated rings. The second-order valence-corrected chi connectivity index (χ2v) is 8.25. The first kappa shape index (κ1) is 29.5. The van der Waals surface area contributed by atoms with Crippen LogP contribution in [-0.4, -0.2) is 36.7 Å². The number of rotatable bonds is 6. The van der Waals surface area contributed by atoms with Crippen LogP contribution in [0.25, 0.3) is 11.1 Å². The number of phenols is 1. The van der Waals surface area contributed by atoms with Gasteiger partial charge >= 0.3 is 0 Å². The van der Waals surface area contributed by atoms with Gasteiger partial charge in [0.2, 0.25) is 0 Å². The Hall–Kier alpha value is -4.71. The molecule has 0 atom stereocenters. The predicted octanol–water partition coefficient (Wildman–Crippen LogP) is 7.06. The van der Waals surface area contributed by atoms with Crippen molar-refractivity contribution < 1.29 is 29.0 Å². The Bertz CT molecular complexity index is 1240. The second kappa shape index (κ2) is 14.8. The minimum absolute atomic E-state index is 0.0139. The van der Waals surface area contributed by atoms with Gasteiger partial charge in [0.1, 0.15) is 17.2 Å². The summed E-state index contributed by atoms with van der Waals surface area (Å²) in [6.07, 6.45) is 0. The Kier molecular flexibility index (Phi) is 11.5. The molecule has 6 nitrogen and oxygen atoms in total. The first-order chi connectivity index (χ1) is 18.1. The van der Waals surface area contributed by atoms with E-state index in [9.17, 15) is 14.4 Å². The van der Waals surface area contributed by atoms with Crippen molar-refractivity contribution in [3.05, 3.63) is 114 Å². The first-order valence-electron chi connectivity index (χ1n) is 11.8. The van der Waals surface area contributed by atoms with Crippen molar-refractivity contribution in [1.29, 1.82) is 0 Å². The zero-order valence-electron chi connectivity index (χ0n) is 22.2. The van der Waals surface area contributed by atoms with Crippen molar-refractivity contribution in [3.63, 3.8) is 0 Å². The smallest absolute Gasteiger partial charge is 0.159 e. The molecular weight excluding hydrogens is 480 g/mol. The first-order valence-corrected chi connectivity index (χ1v) is 11.8. The van der Waals surface area contributed by atoms with Crippen LogP contribution in [-0.2, 0) is 0 Å². The van der Waals surface area contributed by atoms with Gasteiger partial charge in [-0.3, -0.25) is 14.4 Å². The molecule has 0 radical (unpaired) electrons. The minimum Gasteiger partial charge on any atom is -0.508 e. The highest BCUT2D eigenvalue weighted by atomic mass is 16.5. The van der Waals surface area contributed by atoms with Crippen LogP contribution in [0.3, 0.4) is 0 Å². The molecule has 4 rings (SSSR count). The fourth-order valence-electron chi connectivity index (χ4n) is 3.20. The number of Topliss-reactive ketones (excluding diaryl/α,β-unsaturated/α-hetero) is 3. The van der Waals surface area contributed by atoms with Crippen molar-refractivity contribution in [2.45, 2.75) is 20.8 Å². The van der Waals surface area contributed by atoms with Crippen molar-refractivity contribution in [1.82, 2.24) is 0 Å². The number of ether oxygens (including phenoxy) is 2. The Labute approximate surface area is 223 Å². The van der Waals surface area contributed by atoms with E-state index in [4.69, 9.17) is 14.6 Å². The van der Waals surface area contributed by atoms with Gasteiger partial charge in [0.15, 0.2) is 17.3 Å². The number of methoxy groups -OCH3 is 2. The molecule has 0 aliphatic heterocycles. The second-order valence-electron chi connectivity index (χ2n) is 8.25. The molecule has 1 N–H and O–H groups in total. The molecule has 6 heteroatoms. The number of aromatic hydroxyl groups is 1. The molecular formula is C32H32O6. The van der Waals surface area contributed by atoms with Crippen molar-refractivity contribution in [2.24, 2.45) is 0 Å². The lowest BCUT2D eigenvalue weighted by molar-refractivity contribution is 0.100. The third-order valence-corrected chi connectivity index (χ3v) is 5.49. The maximum atomic E-state index is 10.8. The summed E-state index contributed by atoms with van der Waals surface area (Å²) in [6, 6.07) is 28.8. The summed E-state index contributed by atoms with van der Waals surface area (Å²) < 4.78 is 10.2. The van der Waals surface area contributed by atoms with Crippen LogP contribution in [0, 0.1) is 0 Å². The van der Waals surface area contributed by atoms with Gasteiger partial charge in [0, 0.05) is 16.7 Å². The van der Waals surface area contributed by atoms with Gasteiger partial charge in [0.25, 0.3) is 0 Å². The molecule has 4 aromatic rings. The Morgan fingerprint density at radius 3 is 0.974 bits per heavy atom. The van der Waals surface area contributed by atoms with Crippen LogP contribution in [0.4, 0.5) is 0 Å². The predicted molar refractivity (Wildman–Crippen MR) is 150 cm³/mol. The normalized spacial score (nSPS) is 9.61. The van der Waals surface area contributed by atoms with Crippen molar-refractivity contribution in [3.8, 4) is 28.4 Å². The average molecular weight is 513 g/mol. The summed E-state index contributed by atoms with van der Waals surface area (Å²) >= 11 is 0. The molecule has 0 aliphatic rings. The van der Waals surface area contributed by atoms with Gasteiger partial charge in [-0.1, -0.05) is 48.5 Å². The summed E-state index contributed by atoms with van der Waals surface area (Å²) in [4.78, 5) is 32.4. The zero-order chi connectivity index (χ0) is 28.1. The molecule has 0 saturated carbocycles. The maximum absolute atomic E-state index is 10.8. The number of carbonyl (C=O) groups excluding carboxylic acids is 3. The lowest BCUT2D eigenvalue weighted by atomic mass is 10.1. The molecule has 38 heavy (non-hydrogen) atoms. The highest BCUT2D eigenvalue weighted by Crippen LogP contribution is 2.24. The standard InChI is InChI=1S/C14H14O2.C10H10O2.C8H8O2/c1-15-13-7-3-11(4-8-13)12-5-9-14(16-2)10-6-12;1-7(11)9-3-5-10(6-4-9)8(2)12;1-6(9)7-2-4-8(10)5-3-7/h3-10H,1-2H3;3-6H,1-2H3;2-5,10H,1H3. The summed E-state index contributed by atoms with van der Waals surface area (Å²) in [5.74, 6) is 1.98. The lowest BCUT2D eigenvalue weighted by Gasteiger charge is -2.05. The Balaban J connectivity index is 0.000000207. The summed E-state index contributed by atoms with van der Waals surface area (Å²) in [5.41, 5.74) is 4.24. The highest BCUT2D eigenvalue weighted by molar-refractivity contribution is 5.97. The van der Waals surface area contributed by atoms with E-state index in [0.717, 1.165) is 11.5 Å². The fourth-order valence-corrected chi connectivity index (χ4v) is 3.20. The Morgan fingerprint density at radius 1 is 0.474 bits per heavy atom. The summed E-state index contributed by atoms with van der Waals surface area (Å²) in [6.45, 7) is 4.50. The van der Waals surface area contributed by atoms with E-state index in [-0.39, 0.29) is 23.1 Å². The van der Waals surface area contributed by atoms with Crippen LogP contribution < -0.4 is 9.47 Å². The van der Waals surface area contributed by atoms with E-state index in [1.807, 2.05) is 48.5 Å². The average Bonchev–Trinajstić information content (AvgIpc) is 2.94. The fraction of sp³-hybridized carbons (Fsp3) is 0.156. The Morgan fingerprint density at radius 2 is 0.737 bits per heavy atom. The molecule has 0 aliphatic carbocycles.